The molecule has 0 saturated carbocycles. The fourth-order valence-corrected chi connectivity index (χ4v) is 1.70. The van der Waals surface area contributed by atoms with Gasteiger partial charge in [0.25, 0.3) is 0 Å². The molecule has 0 atom stereocenters. The van der Waals surface area contributed by atoms with Crippen LogP contribution in [0.1, 0.15) is 12.0 Å². The molecule has 0 aromatic heterocycles. The van der Waals surface area contributed by atoms with Crippen LogP contribution in [-0.4, -0.2) is 38.4 Å². The highest BCUT2D eigenvalue weighted by atomic mass is 35.5. The van der Waals surface area contributed by atoms with Crippen molar-refractivity contribution in [2.24, 2.45) is 0 Å². The third-order valence-electron chi connectivity index (χ3n) is 2.50. The van der Waals surface area contributed by atoms with Crippen molar-refractivity contribution < 1.29 is 27.4 Å². The van der Waals surface area contributed by atoms with Crippen LogP contribution in [0.4, 0.5) is 13.2 Å². The summed E-state index contributed by atoms with van der Waals surface area (Å²) < 4.78 is 45.0. The fourth-order valence-electron chi connectivity index (χ4n) is 1.51. The zero-order chi connectivity index (χ0) is 16.4. The molecule has 0 saturated heterocycles. The maximum absolute atomic E-state index is 11.8. The lowest BCUT2D eigenvalue weighted by atomic mass is 10.2. The van der Waals surface area contributed by atoms with Gasteiger partial charge in [-0.1, -0.05) is 29.8 Å². The number of hydrogen-bond donors (Lipinski definition) is 1. The first-order valence-corrected chi connectivity index (χ1v) is 6.98. The molecule has 1 aromatic rings. The smallest absolute Gasteiger partial charge is 0.372 e. The van der Waals surface area contributed by atoms with Crippen LogP contribution in [0.15, 0.2) is 24.3 Å². The molecular weight excluding hydrogens is 323 g/mol. The van der Waals surface area contributed by atoms with Crippen molar-refractivity contribution in [3.05, 3.63) is 34.9 Å². The molecule has 1 rings (SSSR count). The summed E-state index contributed by atoms with van der Waals surface area (Å²) in [5.41, 5.74) is 0.775. The Morgan fingerprint density at radius 2 is 1.95 bits per heavy atom. The molecule has 22 heavy (non-hydrogen) atoms. The molecule has 0 heterocycles. The summed E-state index contributed by atoms with van der Waals surface area (Å²) >= 11 is 5.93. The summed E-state index contributed by atoms with van der Waals surface area (Å²) in [6.07, 6.45) is -4.03. The molecule has 0 bridgehead atoms. The number of ether oxygens (including phenoxy) is 2. The van der Waals surface area contributed by atoms with Gasteiger partial charge in [-0.2, -0.15) is 13.2 Å². The molecule has 0 unspecified atom stereocenters. The Morgan fingerprint density at radius 3 is 2.64 bits per heavy atom. The van der Waals surface area contributed by atoms with Gasteiger partial charge in [0, 0.05) is 18.2 Å². The molecule has 4 nitrogen and oxygen atoms in total. The second kappa shape index (κ2) is 9.66. The van der Waals surface area contributed by atoms with Crippen molar-refractivity contribution in [3.8, 4) is 0 Å². The molecule has 0 aliphatic heterocycles. The second-order valence-corrected chi connectivity index (χ2v) is 4.86. The molecule has 1 N–H and O–H groups in total. The van der Waals surface area contributed by atoms with E-state index in [4.69, 9.17) is 16.3 Å². The number of benzene rings is 1. The van der Waals surface area contributed by atoms with E-state index < -0.39 is 12.8 Å². The molecule has 1 aromatic carbocycles. The van der Waals surface area contributed by atoms with Gasteiger partial charge in [0.05, 0.1) is 6.61 Å². The van der Waals surface area contributed by atoms with E-state index in [1.54, 1.807) is 18.2 Å². The minimum Gasteiger partial charge on any atom is -0.372 e. The lowest BCUT2D eigenvalue weighted by Crippen LogP contribution is -2.29. The summed E-state index contributed by atoms with van der Waals surface area (Å²) in [5, 5.41) is 3.08. The first kappa shape index (κ1) is 18.7. The number of carbonyl (C=O) groups is 1. The van der Waals surface area contributed by atoms with E-state index in [1.165, 1.54) is 0 Å². The Hall–Kier alpha value is -1.31. The molecule has 0 radical (unpaired) electrons. The first-order chi connectivity index (χ1) is 10.4. The molecule has 0 fully saturated rings. The average Bonchev–Trinajstić information content (AvgIpc) is 2.43. The van der Waals surface area contributed by atoms with Gasteiger partial charge in [-0.15, -0.1) is 0 Å². The van der Waals surface area contributed by atoms with Gasteiger partial charge in [-0.05, 0) is 18.1 Å². The summed E-state index contributed by atoms with van der Waals surface area (Å²) in [5.74, 6) is -0.345. The summed E-state index contributed by atoms with van der Waals surface area (Å²) in [6, 6.07) is 7.12. The van der Waals surface area contributed by atoms with Gasteiger partial charge in [-0.25, -0.2) is 0 Å². The number of alkyl halides is 3. The van der Waals surface area contributed by atoms with Crippen molar-refractivity contribution in [2.45, 2.75) is 19.2 Å². The van der Waals surface area contributed by atoms with E-state index in [9.17, 15) is 18.0 Å². The molecule has 124 valence electrons. The zero-order valence-corrected chi connectivity index (χ0v) is 12.5. The molecule has 8 heteroatoms. The molecule has 0 aliphatic carbocycles. The van der Waals surface area contributed by atoms with E-state index in [-0.39, 0.29) is 32.3 Å². The van der Waals surface area contributed by atoms with Crippen LogP contribution in [0, 0.1) is 0 Å². The number of hydrogen-bond acceptors (Lipinski definition) is 3. The summed E-state index contributed by atoms with van der Waals surface area (Å²) in [4.78, 5) is 11.4. The highest BCUT2D eigenvalue weighted by Gasteiger charge is 2.27. The van der Waals surface area contributed by atoms with Crippen LogP contribution in [0.3, 0.4) is 0 Å². The summed E-state index contributed by atoms with van der Waals surface area (Å²) in [7, 11) is 0. The van der Waals surface area contributed by atoms with E-state index in [2.05, 4.69) is 10.1 Å². The Balaban J connectivity index is 2.03. The zero-order valence-electron chi connectivity index (χ0n) is 11.8. The third-order valence-corrected chi connectivity index (χ3v) is 2.87. The Kier molecular flexibility index (Phi) is 8.22. The predicted octanol–water partition coefficient (Wildman–Crippen LogP) is 2.94. The topological polar surface area (TPSA) is 47.6 Å². The van der Waals surface area contributed by atoms with E-state index in [0.717, 1.165) is 5.56 Å². The Labute approximate surface area is 131 Å². The molecular formula is C14H17ClF3NO3. The van der Waals surface area contributed by atoms with Gasteiger partial charge in [0.15, 0.2) is 0 Å². The lowest BCUT2D eigenvalue weighted by Gasteiger charge is -2.09. The quantitative estimate of drug-likeness (QED) is 0.704. The van der Waals surface area contributed by atoms with Crippen molar-refractivity contribution >= 4 is 17.5 Å². The second-order valence-electron chi connectivity index (χ2n) is 4.46. The number of nitrogens with one attached hydrogen (secondary N) is 1. The van der Waals surface area contributed by atoms with Gasteiger partial charge in [0.1, 0.15) is 13.2 Å². The molecule has 0 spiro atoms. The average molecular weight is 340 g/mol. The molecule has 0 aliphatic rings. The standard InChI is InChI=1S/C14H17ClF3NO3/c15-12-5-2-1-4-11(12)8-22-9-13(20)19-6-3-7-21-10-14(16,17)18/h1-2,4-5H,3,6-10H2,(H,19,20). The number of carbonyl (C=O) groups excluding carboxylic acids is 1. The number of rotatable bonds is 9. The lowest BCUT2D eigenvalue weighted by molar-refractivity contribution is -0.174. The predicted molar refractivity (Wildman–Crippen MR) is 75.6 cm³/mol. The third kappa shape index (κ3) is 8.86. The highest BCUT2D eigenvalue weighted by Crippen LogP contribution is 2.15. The van der Waals surface area contributed by atoms with Crippen LogP contribution in [0.5, 0.6) is 0 Å². The van der Waals surface area contributed by atoms with Crippen LogP contribution in [0.25, 0.3) is 0 Å². The van der Waals surface area contributed by atoms with Crippen LogP contribution >= 0.6 is 11.6 Å². The van der Waals surface area contributed by atoms with Gasteiger partial charge < -0.3 is 14.8 Å². The number of amides is 1. The maximum atomic E-state index is 11.8. The van der Waals surface area contributed by atoms with Crippen molar-refractivity contribution in [1.82, 2.24) is 5.32 Å². The van der Waals surface area contributed by atoms with Crippen molar-refractivity contribution in [2.75, 3.05) is 26.4 Å². The van der Waals surface area contributed by atoms with Crippen molar-refractivity contribution in [3.63, 3.8) is 0 Å². The maximum Gasteiger partial charge on any atom is 0.411 e. The van der Waals surface area contributed by atoms with Gasteiger partial charge >= 0.3 is 6.18 Å². The summed E-state index contributed by atoms with van der Waals surface area (Å²) in [6.45, 7) is -1.05. The minimum atomic E-state index is -4.32. The highest BCUT2D eigenvalue weighted by molar-refractivity contribution is 6.31. The van der Waals surface area contributed by atoms with Gasteiger partial charge in [0.2, 0.25) is 5.91 Å². The SMILES string of the molecule is O=C(COCc1ccccc1Cl)NCCCOCC(F)(F)F. The van der Waals surface area contributed by atoms with E-state index in [0.29, 0.717) is 11.4 Å². The molecule has 1 amide bonds. The Morgan fingerprint density at radius 1 is 1.23 bits per heavy atom. The number of halogens is 4. The fraction of sp³-hybridized carbons (Fsp3) is 0.500. The van der Waals surface area contributed by atoms with E-state index >= 15 is 0 Å². The van der Waals surface area contributed by atoms with Crippen molar-refractivity contribution in [1.29, 1.82) is 0 Å². The normalized spacial score (nSPS) is 11.5. The monoisotopic (exact) mass is 339 g/mol. The minimum absolute atomic E-state index is 0.0692. The van der Waals surface area contributed by atoms with Crippen LogP contribution < -0.4 is 5.32 Å². The van der Waals surface area contributed by atoms with E-state index in [1.807, 2.05) is 6.07 Å². The van der Waals surface area contributed by atoms with Gasteiger partial charge in [-0.3, -0.25) is 4.79 Å². The Bertz CT molecular complexity index is 469. The van der Waals surface area contributed by atoms with Crippen LogP contribution in [-0.2, 0) is 20.9 Å². The largest absolute Gasteiger partial charge is 0.411 e. The van der Waals surface area contributed by atoms with Crippen LogP contribution in [0.2, 0.25) is 5.02 Å². The first-order valence-electron chi connectivity index (χ1n) is 6.61.